The molecule has 10 nitrogen and oxygen atoms in total. The molecule has 0 saturated carbocycles. The quantitative estimate of drug-likeness (QED) is 0.345. The number of sulfonamides is 2. The lowest BCUT2D eigenvalue weighted by atomic mass is 10.2. The minimum Gasteiger partial charge on any atom is -0.350 e. The van der Waals surface area contributed by atoms with Gasteiger partial charge >= 0.3 is 0 Å². The van der Waals surface area contributed by atoms with Crippen molar-refractivity contribution in [3.05, 3.63) is 82.2 Å². The van der Waals surface area contributed by atoms with Gasteiger partial charge in [0.2, 0.25) is 10.0 Å². The van der Waals surface area contributed by atoms with Gasteiger partial charge in [0, 0.05) is 11.8 Å². The summed E-state index contributed by atoms with van der Waals surface area (Å²) in [5.41, 5.74) is -0.392. The summed E-state index contributed by atoms with van der Waals surface area (Å²) >= 11 is 0. The van der Waals surface area contributed by atoms with Crippen LogP contribution in [0.3, 0.4) is 0 Å². The molecule has 0 aliphatic rings. The molecule has 0 bridgehead atoms. The molecular formula is C19H17FN4O6S2. The smallest absolute Gasteiger partial charge is 0.294 e. The number of nitrogens with zero attached hydrogens (tertiary/aromatic N) is 1. The van der Waals surface area contributed by atoms with Crippen LogP contribution in [0.1, 0.15) is 5.56 Å². The van der Waals surface area contributed by atoms with Crippen LogP contribution >= 0.6 is 0 Å². The van der Waals surface area contributed by atoms with Gasteiger partial charge in [-0.25, -0.2) is 26.4 Å². The maximum absolute atomic E-state index is 13.9. The van der Waals surface area contributed by atoms with Crippen LogP contribution in [0.15, 0.2) is 70.5 Å². The zero-order valence-corrected chi connectivity index (χ0v) is 18.1. The van der Waals surface area contributed by atoms with Crippen LogP contribution in [0.4, 0.5) is 27.1 Å². The van der Waals surface area contributed by atoms with E-state index in [-0.39, 0.29) is 22.0 Å². The molecule has 0 radical (unpaired) electrons. The number of hydrogen-bond acceptors (Lipinski definition) is 7. The van der Waals surface area contributed by atoms with Crippen LogP contribution < -0.4 is 15.2 Å². The second kappa shape index (κ2) is 8.53. The number of anilines is 3. The molecule has 0 saturated heterocycles. The number of nitro benzene ring substituents is 1. The molecule has 0 aliphatic carbocycles. The number of halogens is 1. The van der Waals surface area contributed by atoms with E-state index in [1.54, 1.807) is 0 Å². The van der Waals surface area contributed by atoms with E-state index >= 15 is 0 Å². The van der Waals surface area contributed by atoms with Crippen LogP contribution in [-0.4, -0.2) is 21.8 Å². The van der Waals surface area contributed by atoms with E-state index in [1.165, 1.54) is 43.3 Å². The highest BCUT2D eigenvalue weighted by Gasteiger charge is 2.22. The number of nitro groups is 1. The second-order valence-corrected chi connectivity index (χ2v) is 9.88. The summed E-state index contributed by atoms with van der Waals surface area (Å²) in [6.45, 7) is 1.53. The maximum Gasteiger partial charge on any atom is 0.294 e. The predicted octanol–water partition coefficient (Wildman–Crippen LogP) is 3.23. The van der Waals surface area contributed by atoms with Crippen molar-refractivity contribution in [2.45, 2.75) is 16.7 Å². The summed E-state index contributed by atoms with van der Waals surface area (Å²) in [7, 11) is -8.36. The Kier molecular flexibility index (Phi) is 6.16. The highest BCUT2D eigenvalue weighted by atomic mass is 32.2. The average molecular weight is 480 g/mol. The van der Waals surface area contributed by atoms with E-state index in [0.717, 1.165) is 24.3 Å². The Morgan fingerprint density at radius 3 is 2.28 bits per heavy atom. The Hall–Kier alpha value is -3.55. The standard InChI is InChI=1S/C19H17FN4O6S2/c1-12-6-7-13(10-19(12)32(29,30)23-16-5-3-2-4-15(16)20)22-17-9-8-14(31(21,27)28)11-18(17)24(25)26/h2-11,22-23H,1H3,(H2,21,27,28). The first-order valence-corrected chi connectivity index (χ1v) is 11.9. The molecule has 3 aromatic carbocycles. The van der Waals surface area contributed by atoms with Crippen LogP contribution in [0.5, 0.6) is 0 Å². The third-order valence-electron chi connectivity index (χ3n) is 4.37. The van der Waals surface area contributed by atoms with Crippen LogP contribution in [0, 0.1) is 22.9 Å². The summed E-state index contributed by atoms with van der Waals surface area (Å²) < 4.78 is 64.6. The van der Waals surface area contributed by atoms with Gasteiger partial charge in [0.25, 0.3) is 15.7 Å². The van der Waals surface area contributed by atoms with Crippen molar-refractivity contribution in [2.75, 3.05) is 10.0 Å². The number of nitrogens with one attached hydrogen (secondary N) is 2. The number of hydrogen-bond donors (Lipinski definition) is 3. The minimum atomic E-state index is -4.19. The van der Waals surface area contributed by atoms with E-state index in [1.807, 2.05) is 0 Å². The van der Waals surface area contributed by atoms with Gasteiger partial charge in [0.1, 0.15) is 11.5 Å². The molecule has 3 aromatic rings. The fraction of sp³-hybridized carbons (Fsp3) is 0.0526. The van der Waals surface area contributed by atoms with Gasteiger partial charge in [-0.05, 0) is 48.9 Å². The molecule has 0 heterocycles. The van der Waals surface area contributed by atoms with Gasteiger partial charge in [0.05, 0.1) is 20.4 Å². The summed E-state index contributed by atoms with van der Waals surface area (Å²) in [6, 6.07) is 12.4. The van der Waals surface area contributed by atoms with Gasteiger partial charge in [-0.3, -0.25) is 14.8 Å². The molecule has 32 heavy (non-hydrogen) atoms. The third-order valence-corrected chi connectivity index (χ3v) is 6.79. The molecule has 3 rings (SSSR count). The van der Waals surface area contributed by atoms with E-state index in [0.29, 0.717) is 5.56 Å². The minimum absolute atomic E-state index is 0.0864. The van der Waals surface area contributed by atoms with E-state index < -0.39 is 41.4 Å². The fourth-order valence-electron chi connectivity index (χ4n) is 2.81. The number of aryl methyl sites for hydroxylation is 1. The van der Waals surface area contributed by atoms with Gasteiger partial charge in [-0.1, -0.05) is 18.2 Å². The number of nitrogens with two attached hydrogens (primary N) is 1. The van der Waals surface area contributed by atoms with E-state index in [4.69, 9.17) is 5.14 Å². The Morgan fingerprint density at radius 1 is 0.969 bits per heavy atom. The SMILES string of the molecule is Cc1ccc(Nc2ccc(S(N)(=O)=O)cc2[N+](=O)[O-])cc1S(=O)(=O)Nc1ccccc1F. The molecule has 168 valence electrons. The molecule has 13 heteroatoms. The van der Waals surface area contributed by atoms with Gasteiger partial charge in [0.15, 0.2) is 0 Å². The molecule has 0 aliphatic heterocycles. The first kappa shape index (κ1) is 23.1. The molecule has 4 N–H and O–H groups in total. The van der Waals surface area contributed by atoms with Crippen molar-refractivity contribution in [3.8, 4) is 0 Å². The Balaban J connectivity index is 1.99. The lowest BCUT2D eigenvalue weighted by molar-refractivity contribution is -0.384. The van der Waals surface area contributed by atoms with Gasteiger partial charge < -0.3 is 5.32 Å². The van der Waals surface area contributed by atoms with Crippen molar-refractivity contribution in [1.29, 1.82) is 0 Å². The molecule has 0 atom stereocenters. The Morgan fingerprint density at radius 2 is 1.66 bits per heavy atom. The lowest BCUT2D eigenvalue weighted by Crippen LogP contribution is -2.15. The van der Waals surface area contributed by atoms with Crippen LogP contribution in [0.2, 0.25) is 0 Å². The lowest BCUT2D eigenvalue weighted by Gasteiger charge is -2.14. The second-order valence-electron chi connectivity index (χ2n) is 6.67. The van der Waals surface area contributed by atoms with Crippen molar-refractivity contribution in [2.24, 2.45) is 5.14 Å². The van der Waals surface area contributed by atoms with Gasteiger partial charge in [-0.2, -0.15) is 0 Å². The molecule has 0 amide bonds. The highest BCUT2D eigenvalue weighted by molar-refractivity contribution is 7.92. The Bertz CT molecular complexity index is 1430. The number of primary sulfonamides is 1. The summed E-state index contributed by atoms with van der Waals surface area (Å²) in [6.07, 6.45) is 0. The Labute approximate surface area is 183 Å². The van der Waals surface area contributed by atoms with Crippen molar-refractivity contribution in [1.82, 2.24) is 0 Å². The van der Waals surface area contributed by atoms with Crippen molar-refractivity contribution in [3.63, 3.8) is 0 Å². The summed E-state index contributed by atoms with van der Waals surface area (Å²) in [4.78, 5) is 9.96. The molecule has 0 fully saturated rings. The zero-order valence-electron chi connectivity index (χ0n) is 16.4. The van der Waals surface area contributed by atoms with Crippen LogP contribution in [0.25, 0.3) is 0 Å². The number of benzene rings is 3. The first-order chi connectivity index (χ1) is 14.9. The summed E-state index contributed by atoms with van der Waals surface area (Å²) in [5, 5.41) is 19.1. The predicted molar refractivity (Wildman–Crippen MR) is 116 cm³/mol. The molecular weight excluding hydrogens is 463 g/mol. The molecule has 0 aromatic heterocycles. The topological polar surface area (TPSA) is 162 Å². The van der Waals surface area contributed by atoms with Gasteiger partial charge in [-0.15, -0.1) is 0 Å². The van der Waals surface area contributed by atoms with E-state index in [9.17, 15) is 31.3 Å². The number of rotatable bonds is 7. The fourth-order valence-corrected chi connectivity index (χ4v) is 4.68. The zero-order chi connectivity index (χ0) is 23.7. The largest absolute Gasteiger partial charge is 0.350 e. The number of para-hydroxylation sites is 1. The average Bonchev–Trinajstić information content (AvgIpc) is 2.70. The first-order valence-electron chi connectivity index (χ1n) is 8.85. The van der Waals surface area contributed by atoms with Crippen LogP contribution in [-0.2, 0) is 20.0 Å². The summed E-state index contributed by atoms with van der Waals surface area (Å²) in [5.74, 6) is -0.756. The van der Waals surface area contributed by atoms with Crippen molar-refractivity contribution >= 4 is 42.8 Å². The molecule has 0 spiro atoms. The van der Waals surface area contributed by atoms with E-state index in [2.05, 4.69) is 10.0 Å². The monoisotopic (exact) mass is 480 g/mol. The normalized spacial score (nSPS) is 11.7. The molecule has 0 unspecified atom stereocenters. The maximum atomic E-state index is 13.9. The highest BCUT2D eigenvalue weighted by Crippen LogP contribution is 2.31. The third kappa shape index (κ3) is 5.01. The van der Waals surface area contributed by atoms with Crippen molar-refractivity contribution < 1.29 is 26.1 Å².